The summed E-state index contributed by atoms with van der Waals surface area (Å²) in [6.45, 7) is 1.24. The fourth-order valence-corrected chi connectivity index (χ4v) is 3.40. The maximum absolute atomic E-state index is 12.6. The highest BCUT2D eigenvalue weighted by Crippen LogP contribution is 2.34. The Morgan fingerprint density at radius 2 is 2.11 bits per heavy atom. The van der Waals surface area contributed by atoms with E-state index in [0.29, 0.717) is 30.3 Å². The van der Waals surface area contributed by atoms with Crippen LogP contribution < -0.4 is 14.8 Å². The second kappa shape index (κ2) is 7.18. The number of anilines is 1. The highest BCUT2D eigenvalue weighted by Gasteiger charge is 2.26. The largest absolute Gasteiger partial charge is 0.480 e. The molecular formula is C18H20N4O5. The molecule has 1 fully saturated rings. The zero-order chi connectivity index (χ0) is 18.8. The predicted octanol–water partition coefficient (Wildman–Crippen LogP) is 2.11. The molecule has 2 amide bonds. The molecule has 1 saturated heterocycles. The summed E-state index contributed by atoms with van der Waals surface area (Å²) in [5.74, 6) is 0.450. The first kappa shape index (κ1) is 17.2. The molecule has 9 heteroatoms. The number of piperidine rings is 1. The summed E-state index contributed by atoms with van der Waals surface area (Å²) >= 11 is 0. The van der Waals surface area contributed by atoms with Crippen molar-refractivity contribution >= 4 is 17.7 Å². The normalized spacial score (nSPS) is 18.4. The monoisotopic (exact) mass is 372 g/mol. The van der Waals surface area contributed by atoms with E-state index in [4.69, 9.17) is 14.6 Å². The van der Waals surface area contributed by atoms with Crippen LogP contribution in [0.3, 0.4) is 0 Å². The van der Waals surface area contributed by atoms with E-state index >= 15 is 0 Å². The molecule has 1 atom stereocenters. The molecule has 2 aliphatic rings. The van der Waals surface area contributed by atoms with Crippen LogP contribution in [0, 0.1) is 0 Å². The highest BCUT2D eigenvalue weighted by molar-refractivity contribution is 5.89. The van der Waals surface area contributed by atoms with Crippen molar-refractivity contribution < 1.29 is 24.2 Å². The number of aromatic nitrogens is 2. The zero-order valence-electron chi connectivity index (χ0n) is 14.6. The summed E-state index contributed by atoms with van der Waals surface area (Å²) in [7, 11) is 0. The number of ether oxygens (including phenoxy) is 2. The Hall–Kier alpha value is -3.23. The SMILES string of the molecule is O=C(O)Cn1ccc([C@@H]2CCCN(C(=O)Nc3ccc4c(c3)OCO4)C2)n1. The second-order valence-corrected chi connectivity index (χ2v) is 6.62. The predicted molar refractivity (Wildman–Crippen MR) is 95.0 cm³/mol. The maximum Gasteiger partial charge on any atom is 0.325 e. The summed E-state index contributed by atoms with van der Waals surface area (Å²) in [6, 6.07) is 6.94. The fourth-order valence-electron chi connectivity index (χ4n) is 3.40. The lowest BCUT2D eigenvalue weighted by atomic mass is 9.95. The van der Waals surface area contributed by atoms with Gasteiger partial charge < -0.3 is 24.8 Å². The Labute approximate surface area is 155 Å². The number of hydrogen-bond acceptors (Lipinski definition) is 5. The van der Waals surface area contributed by atoms with Crippen molar-refractivity contribution in [2.75, 3.05) is 25.2 Å². The number of urea groups is 1. The number of likely N-dealkylation sites (tertiary alicyclic amines) is 1. The van der Waals surface area contributed by atoms with Gasteiger partial charge in [-0.3, -0.25) is 9.48 Å². The van der Waals surface area contributed by atoms with Gasteiger partial charge in [0.25, 0.3) is 0 Å². The van der Waals surface area contributed by atoms with Gasteiger partial charge in [0.15, 0.2) is 11.5 Å². The molecule has 2 aliphatic heterocycles. The minimum absolute atomic E-state index is 0.0938. The number of fused-ring (bicyclic) bond motifs is 1. The topological polar surface area (TPSA) is 106 Å². The number of carboxylic acids is 1. The van der Waals surface area contributed by atoms with Gasteiger partial charge in [0.1, 0.15) is 6.54 Å². The first-order valence-corrected chi connectivity index (χ1v) is 8.79. The molecule has 0 bridgehead atoms. The summed E-state index contributed by atoms with van der Waals surface area (Å²) in [5.41, 5.74) is 1.47. The standard InChI is InChI=1S/C18H20N4O5/c23-17(24)10-22-7-5-14(20-22)12-2-1-6-21(9-12)18(25)19-13-3-4-15-16(8-13)27-11-26-15/h3-5,7-8,12H,1-2,6,9-11H2,(H,19,25)(H,23,24)/t12-/m1/s1. The van der Waals surface area contributed by atoms with Gasteiger partial charge in [0, 0.05) is 37.0 Å². The lowest BCUT2D eigenvalue weighted by Gasteiger charge is -2.32. The molecule has 9 nitrogen and oxygen atoms in total. The van der Waals surface area contributed by atoms with Gasteiger partial charge in [-0.1, -0.05) is 0 Å². The molecule has 3 heterocycles. The van der Waals surface area contributed by atoms with E-state index in [0.717, 1.165) is 18.5 Å². The Kier molecular flexibility index (Phi) is 4.57. The van der Waals surface area contributed by atoms with Gasteiger partial charge in [-0.2, -0.15) is 5.10 Å². The number of amides is 2. The number of hydrogen-bond donors (Lipinski definition) is 2. The van der Waals surface area contributed by atoms with E-state index in [1.807, 2.05) is 6.07 Å². The number of aliphatic carboxylic acids is 1. The third kappa shape index (κ3) is 3.81. The second-order valence-electron chi connectivity index (χ2n) is 6.62. The van der Waals surface area contributed by atoms with Crippen LogP contribution in [0.2, 0.25) is 0 Å². The Bertz CT molecular complexity index is 865. The van der Waals surface area contributed by atoms with Gasteiger partial charge in [0.2, 0.25) is 6.79 Å². The Morgan fingerprint density at radius 1 is 1.26 bits per heavy atom. The third-order valence-electron chi connectivity index (χ3n) is 4.71. The van der Waals surface area contributed by atoms with Crippen molar-refractivity contribution in [2.24, 2.45) is 0 Å². The molecule has 27 heavy (non-hydrogen) atoms. The molecule has 0 aliphatic carbocycles. The van der Waals surface area contributed by atoms with Crippen molar-refractivity contribution in [1.29, 1.82) is 0 Å². The third-order valence-corrected chi connectivity index (χ3v) is 4.71. The van der Waals surface area contributed by atoms with E-state index in [1.54, 1.807) is 29.3 Å². The van der Waals surface area contributed by atoms with Crippen molar-refractivity contribution in [3.63, 3.8) is 0 Å². The van der Waals surface area contributed by atoms with E-state index in [9.17, 15) is 9.59 Å². The van der Waals surface area contributed by atoms with Crippen molar-refractivity contribution in [1.82, 2.24) is 14.7 Å². The molecule has 0 spiro atoms. The number of nitrogens with one attached hydrogen (secondary N) is 1. The molecule has 142 valence electrons. The fraction of sp³-hybridized carbons (Fsp3) is 0.389. The van der Waals surface area contributed by atoms with E-state index in [-0.39, 0.29) is 25.3 Å². The van der Waals surface area contributed by atoms with Crippen molar-refractivity contribution in [2.45, 2.75) is 25.3 Å². The van der Waals surface area contributed by atoms with E-state index in [2.05, 4.69) is 10.4 Å². The molecule has 1 aromatic heterocycles. The van der Waals surface area contributed by atoms with Crippen LogP contribution in [0.15, 0.2) is 30.5 Å². The maximum atomic E-state index is 12.6. The van der Waals surface area contributed by atoms with E-state index in [1.165, 1.54) is 4.68 Å². The van der Waals surface area contributed by atoms with Gasteiger partial charge in [0.05, 0.1) is 5.69 Å². The van der Waals surface area contributed by atoms with Crippen LogP contribution in [0.25, 0.3) is 0 Å². The van der Waals surface area contributed by atoms with Gasteiger partial charge in [-0.15, -0.1) is 0 Å². The quantitative estimate of drug-likeness (QED) is 0.851. The smallest absolute Gasteiger partial charge is 0.325 e. The molecular weight excluding hydrogens is 352 g/mol. The van der Waals surface area contributed by atoms with Crippen LogP contribution in [0.1, 0.15) is 24.5 Å². The average molecular weight is 372 g/mol. The Balaban J connectivity index is 1.39. The molecule has 4 rings (SSSR count). The molecule has 0 radical (unpaired) electrons. The summed E-state index contributed by atoms with van der Waals surface area (Å²) < 4.78 is 12.0. The first-order valence-electron chi connectivity index (χ1n) is 8.79. The van der Waals surface area contributed by atoms with Gasteiger partial charge in [-0.05, 0) is 31.0 Å². The molecule has 2 aromatic rings. The van der Waals surface area contributed by atoms with Crippen LogP contribution in [-0.2, 0) is 11.3 Å². The van der Waals surface area contributed by atoms with Crippen molar-refractivity contribution in [3.05, 3.63) is 36.2 Å². The number of rotatable bonds is 4. The minimum Gasteiger partial charge on any atom is -0.480 e. The van der Waals surface area contributed by atoms with Gasteiger partial charge in [-0.25, -0.2) is 4.79 Å². The molecule has 1 aromatic carbocycles. The summed E-state index contributed by atoms with van der Waals surface area (Å²) in [4.78, 5) is 25.2. The van der Waals surface area contributed by atoms with Crippen LogP contribution in [-0.4, -0.2) is 51.7 Å². The lowest BCUT2D eigenvalue weighted by molar-refractivity contribution is -0.137. The number of benzene rings is 1. The van der Waals surface area contributed by atoms with E-state index < -0.39 is 5.97 Å². The number of carbonyl (C=O) groups excluding carboxylic acids is 1. The average Bonchev–Trinajstić information content (AvgIpc) is 3.30. The zero-order valence-corrected chi connectivity index (χ0v) is 14.6. The first-order chi connectivity index (χ1) is 13.1. The van der Waals surface area contributed by atoms with Gasteiger partial charge >= 0.3 is 12.0 Å². The van der Waals surface area contributed by atoms with Crippen LogP contribution in [0.5, 0.6) is 11.5 Å². The van der Waals surface area contributed by atoms with Crippen LogP contribution in [0.4, 0.5) is 10.5 Å². The minimum atomic E-state index is -0.932. The van der Waals surface area contributed by atoms with Crippen LogP contribution >= 0.6 is 0 Å². The number of carbonyl (C=O) groups is 2. The molecule has 0 unspecified atom stereocenters. The Morgan fingerprint density at radius 3 is 2.96 bits per heavy atom. The lowest BCUT2D eigenvalue weighted by Crippen LogP contribution is -2.41. The van der Waals surface area contributed by atoms with Crippen molar-refractivity contribution in [3.8, 4) is 11.5 Å². The number of nitrogens with zero attached hydrogens (tertiary/aromatic N) is 3. The molecule has 0 saturated carbocycles. The summed E-state index contributed by atoms with van der Waals surface area (Å²) in [6.07, 6.45) is 3.44. The molecule has 2 N–H and O–H groups in total. The highest BCUT2D eigenvalue weighted by atomic mass is 16.7. The summed E-state index contributed by atoms with van der Waals surface area (Å²) in [5, 5.41) is 16.1. The number of carboxylic acid groups (broad SMARTS) is 1.